The number of halogens is 2. The lowest BCUT2D eigenvalue weighted by Crippen LogP contribution is -1.71. The van der Waals surface area contributed by atoms with Gasteiger partial charge >= 0.3 is 0 Å². The summed E-state index contributed by atoms with van der Waals surface area (Å²) in [4.78, 5) is 0. The van der Waals surface area contributed by atoms with E-state index in [-0.39, 0.29) is 5.82 Å². The second-order valence-electron chi connectivity index (χ2n) is 2.55. The minimum atomic E-state index is -0.0891. The highest BCUT2D eigenvalue weighted by atomic mass is 79.9. The lowest BCUT2D eigenvalue weighted by Gasteiger charge is -1.90. The maximum atomic E-state index is 13.6. The largest absolute Gasteiger partial charge is 0.204 e. The molecule has 0 saturated heterocycles. The molecule has 1 heterocycles. The molecule has 2 rings (SSSR count). The summed E-state index contributed by atoms with van der Waals surface area (Å²) in [5.41, 5.74) is 0. The van der Waals surface area contributed by atoms with E-state index in [0.29, 0.717) is 5.39 Å². The molecule has 0 aliphatic heterocycles. The second kappa shape index (κ2) is 3.59. The lowest BCUT2D eigenvalue weighted by atomic mass is 10.3. The van der Waals surface area contributed by atoms with Crippen LogP contribution < -0.4 is 0 Å². The number of thiophene rings is 1. The van der Waals surface area contributed by atoms with Crippen molar-refractivity contribution in [3.8, 4) is 0 Å². The molecule has 4 heteroatoms. The molecule has 0 aliphatic carbocycles. The van der Waals surface area contributed by atoms with Gasteiger partial charge < -0.3 is 0 Å². The van der Waals surface area contributed by atoms with Crippen LogP contribution in [0.4, 0.5) is 4.39 Å². The van der Waals surface area contributed by atoms with Crippen LogP contribution in [0.1, 0.15) is 0 Å². The highest BCUT2D eigenvalue weighted by Crippen LogP contribution is 2.36. The Morgan fingerprint density at radius 3 is 2.92 bits per heavy atom. The van der Waals surface area contributed by atoms with Gasteiger partial charge in [0.25, 0.3) is 0 Å². The van der Waals surface area contributed by atoms with Crippen LogP contribution >= 0.6 is 39.0 Å². The van der Waals surface area contributed by atoms with Gasteiger partial charge in [-0.15, -0.1) is 23.1 Å². The number of hydrogen-bond donors (Lipinski definition) is 0. The summed E-state index contributed by atoms with van der Waals surface area (Å²) in [6.45, 7) is 0. The van der Waals surface area contributed by atoms with Crippen LogP contribution in [0.3, 0.4) is 0 Å². The Labute approximate surface area is 92.3 Å². The van der Waals surface area contributed by atoms with E-state index in [9.17, 15) is 4.39 Å². The molecule has 1 aromatic carbocycles. The van der Waals surface area contributed by atoms with Crippen molar-refractivity contribution < 1.29 is 4.39 Å². The van der Waals surface area contributed by atoms with Crippen LogP contribution in [0.2, 0.25) is 0 Å². The molecule has 0 saturated carbocycles. The quantitative estimate of drug-likeness (QED) is 0.690. The highest BCUT2D eigenvalue weighted by Gasteiger charge is 2.10. The molecule has 0 nitrogen and oxygen atoms in total. The van der Waals surface area contributed by atoms with E-state index in [0.717, 1.165) is 13.4 Å². The first kappa shape index (κ1) is 9.49. The molecule has 0 N–H and O–H groups in total. The van der Waals surface area contributed by atoms with Crippen molar-refractivity contribution in [2.24, 2.45) is 0 Å². The normalized spacial score (nSPS) is 11.0. The van der Waals surface area contributed by atoms with Crippen molar-refractivity contribution in [1.82, 2.24) is 0 Å². The number of thioether (sulfide) groups is 1. The smallest absolute Gasteiger partial charge is 0.155 e. The van der Waals surface area contributed by atoms with Crippen molar-refractivity contribution in [3.63, 3.8) is 0 Å². The molecule has 0 bridgehead atoms. The first-order valence-electron chi connectivity index (χ1n) is 3.64. The van der Waals surface area contributed by atoms with Crippen LogP contribution in [0.15, 0.2) is 26.9 Å². The summed E-state index contributed by atoms with van der Waals surface area (Å²) in [6.07, 6.45) is 1.89. The van der Waals surface area contributed by atoms with E-state index in [1.165, 1.54) is 23.1 Å². The second-order valence-corrected chi connectivity index (χ2v) is 5.59. The standard InChI is InChI=1S/C9H6BrFS2/c1-12-9-8(11)6-4-5(10)2-3-7(6)13-9/h2-4H,1H3. The molecule has 0 unspecified atom stereocenters. The molecule has 13 heavy (non-hydrogen) atoms. The Bertz CT molecular complexity index is 450. The van der Waals surface area contributed by atoms with Crippen molar-refractivity contribution >= 4 is 49.1 Å². The molecule has 2 aromatic rings. The van der Waals surface area contributed by atoms with E-state index in [1.54, 1.807) is 0 Å². The number of hydrogen-bond acceptors (Lipinski definition) is 2. The molecule has 0 aliphatic rings. The average Bonchev–Trinajstić information content (AvgIpc) is 2.44. The first-order valence-corrected chi connectivity index (χ1v) is 6.47. The molecular weight excluding hydrogens is 271 g/mol. The zero-order valence-corrected chi connectivity index (χ0v) is 10.0. The minimum absolute atomic E-state index is 0.0891. The third kappa shape index (κ3) is 1.63. The summed E-state index contributed by atoms with van der Waals surface area (Å²) in [7, 11) is 0. The van der Waals surface area contributed by atoms with Gasteiger partial charge in [-0.2, -0.15) is 0 Å². The maximum Gasteiger partial charge on any atom is 0.155 e. The van der Waals surface area contributed by atoms with Crippen LogP contribution in [-0.2, 0) is 0 Å². The van der Waals surface area contributed by atoms with Crippen LogP contribution in [0.5, 0.6) is 0 Å². The van der Waals surface area contributed by atoms with Gasteiger partial charge in [-0.1, -0.05) is 15.9 Å². The fourth-order valence-corrected chi connectivity index (χ4v) is 3.20. The zero-order valence-electron chi connectivity index (χ0n) is 6.80. The number of benzene rings is 1. The van der Waals surface area contributed by atoms with Crippen molar-refractivity contribution in [2.75, 3.05) is 6.26 Å². The molecule has 0 atom stereocenters. The molecule has 68 valence electrons. The third-order valence-corrected chi connectivity index (χ3v) is 4.48. The van der Waals surface area contributed by atoms with Gasteiger partial charge in [-0.3, -0.25) is 0 Å². The predicted octanol–water partition coefficient (Wildman–Crippen LogP) is 4.52. The Kier molecular flexibility index (Phi) is 2.62. The highest BCUT2D eigenvalue weighted by molar-refractivity contribution is 9.10. The molecule has 1 aromatic heterocycles. The van der Waals surface area contributed by atoms with E-state index < -0.39 is 0 Å². The van der Waals surface area contributed by atoms with Crippen LogP contribution in [0.25, 0.3) is 10.1 Å². The lowest BCUT2D eigenvalue weighted by molar-refractivity contribution is 0.623. The Morgan fingerprint density at radius 1 is 1.46 bits per heavy atom. The van der Waals surface area contributed by atoms with E-state index in [1.807, 2.05) is 24.5 Å². The fourth-order valence-electron chi connectivity index (χ4n) is 1.15. The van der Waals surface area contributed by atoms with E-state index >= 15 is 0 Å². The van der Waals surface area contributed by atoms with E-state index in [4.69, 9.17) is 0 Å². The topological polar surface area (TPSA) is 0 Å². The van der Waals surface area contributed by atoms with Crippen molar-refractivity contribution in [3.05, 3.63) is 28.5 Å². The number of fused-ring (bicyclic) bond motifs is 1. The summed E-state index contributed by atoms with van der Waals surface area (Å²) in [6, 6.07) is 5.69. The molecule has 0 fully saturated rings. The summed E-state index contributed by atoms with van der Waals surface area (Å²) < 4.78 is 16.3. The predicted molar refractivity (Wildman–Crippen MR) is 61.3 cm³/mol. The molecular formula is C9H6BrFS2. The van der Waals surface area contributed by atoms with Gasteiger partial charge in [-0.25, -0.2) is 4.39 Å². The van der Waals surface area contributed by atoms with Crippen LogP contribution in [0, 0.1) is 5.82 Å². The van der Waals surface area contributed by atoms with E-state index in [2.05, 4.69) is 15.9 Å². The Hall–Kier alpha value is -0.0600. The summed E-state index contributed by atoms with van der Waals surface area (Å²) >= 11 is 6.28. The van der Waals surface area contributed by atoms with Gasteiger partial charge in [0.05, 0.1) is 4.21 Å². The Balaban J connectivity index is 2.77. The first-order chi connectivity index (χ1) is 6.22. The third-order valence-electron chi connectivity index (χ3n) is 1.75. The molecule has 0 amide bonds. The number of rotatable bonds is 1. The van der Waals surface area contributed by atoms with Gasteiger partial charge in [-0.05, 0) is 24.5 Å². The molecule has 0 radical (unpaired) electrons. The molecule has 0 spiro atoms. The summed E-state index contributed by atoms with van der Waals surface area (Å²) in [5, 5.41) is 0.712. The van der Waals surface area contributed by atoms with Crippen molar-refractivity contribution in [2.45, 2.75) is 4.21 Å². The Morgan fingerprint density at radius 2 is 2.23 bits per heavy atom. The zero-order chi connectivity index (χ0) is 9.42. The fraction of sp³-hybridized carbons (Fsp3) is 0.111. The van der Waals surface area contributed by atoms with Crippen molar-refractivity contribution in [1.29, 1.82) is 0 Å². The SMILES string of the molecule is CSc1sc2ccc(Br)cc2c1F. The maximum absolute atomic E-state index is 13.6. The van der Waals surface area contributed by atoms with Gasteiger partial charge in [0, 0.05) is 14.6 Å². The van der Waals surface area contributed by atoms with Gasteiger partial charge in [0.1, 0.15) is 0 Å². The van der Waals surface area contributed by atoms with Gasteiger partial charge in [0.15, 0.2) is 5.82 Å². The average molecular weight is 277 g/mol. The minimum Gasteiger partial charge on any atom is -0.204 e. The summed E-state index contributed by atoms with van der Waals surface area (Å²) in [5.74, 6) is -0.0891. The van der Waals surface area contributed by atoms with Gasteiger partial charge in [0.2, 0.25) is 0 Å². The van der Waals surface area contributed by atoms with Crippen LogP contribution in [-0.4, -0.2) is 6.26 Å². The monoisotopic (exact) mass is 276 g/mol.